The fraction of sp³-hybridized carbons (Fsp3) is 0.312. The van der Waals surface area contributed by atoms with Crippen molar-refractivity contribution in [2.75, 3.05) is 18.4 Å². The molecule has 0 bridgehead atoms. The highest BCUT2D eigenvalue weighted by atomic mass is 16.1. The molecule has 0 saturated carbocycles. The largest absolute Gasteiger partial charge is 0.348 e. The van der Waals surface area contributed by atoms with Gasteiger partial charge in [0.05, 0.1) is 6.20 Å². The molecule has 1 fully saturated rings. The van der Waals surface area contributed by atoms with Gasteiger partial charge < -0.3 is 16.0 Å². The highest BCUT2D eigenvalue weighted by Crippen LogP contribution is 2.15. The zero-order chi connectivity index (χ0) is 15.2. The summed E-state index contributed by atoms with van der Waals surface area (Å²) in [6, 6.07) is 7.59. The van der Waals surface area contributed by atoms with Crippen molar-refractivity contribution in [2.24, 2.45) is 0 Å². The number of carbonyl (C=O) groups is 1. The van der Waals surface area contributed by atoms with E-state index in [2.05, 4.69) is 25.9 Å². The lowest BCUT2D eigenvalue weighted by molar-refractivity contribution is 0.0930. The number of rotatable bonds is 4. The molecule has 22 heavy (non-hydrogen) atoms. The summed E-state index contributed by atoms with van der Waals surface area (Å²) in [7, 11) is 0. The third-order valence-corrected chi connectivity index (χ3v) is 3.59. The van der Waals surface area contributed by atoms with Crippen molar-refractivity contribution in [3.8, 4) is 0 Å². The van der Waals surface area contributed by atoms with Crippen molar-refractivity contribution in [1.29, 1.82) is 0 Å². The maximum absolute atomic E-state index is 12.3. The Hall–Kier alpha value is -2.47. The van der Waals surface area contributed by atoms with Gasteiger partial charge >= 0.3 is 0 Å². The van der Waals surface area contributed by atoms with Crippen LogP contribution in [0.2, 0.25) is 0 Å². The summed E-state index contributed by atoms with van der Waals surface area (Å²) in [5.74, 6) is 0.605. The predicted octanol–water partition coefficient (Wildman–Crippen LogP) is 1.70. The SMILES string of the molecule is O=C(N[C@H]1CCCNC1)c1cccc(Nc2cnccn2)c1. The van der Waals surface area contributed by atoms with E-state index in [-0.39, 0.29) is 11.9 Å². The van der Waals surface area contributed by atoms with Crippen molar-refractivity contribution in [2.45, 2.75) is 18.9 Å². The number of nitrogens with one attached hydrogen (secondary N) is 3. The maximum atomic E-state index is 12.3. The number of hydrogen-bond acceptors (Lipinski definition) is 5. The van der Waals surface area contributed by atoms with Gasteiger partial charge in [-0.25, -0.2) is 4.98 Å². The Balaban J connectivity index is 1.66. The van der Waals surface area contributed by atoms with Crippen LogP contribution in [0.3, 0.4) is 0 Å². The van der Waals surface area contributed by atoms with Crippen LogP contribution in [-0.2, 0) is 0 Å². The Kier molecular flexibility index (Phi) is 4.60. The van der Waals surface area contributed by atoms with E-state index in [0.717, 1.165) is 31.6 Å². The molecule has 1 amide bonds. The van der Waals surface area contributed by atoms with Crippen molar-refractivity contribution in [1.82, 2.24) is 20.6 Å². The van der Waals surface area contributed by atoms with Gasteiger partial charge in [0.1, 0.15) is 5.82 Å². The van der Waals surface area contributed by atoms with Gasteiger partial charge in [0.2, 0.25) is 0 Å². The van der Waals surface area contributed by atoms with Crippen molar-refractivity contribution < 1.29 is 4.79 Å². The summed E-state index contributed by atoms with van der Waals surface area (Å²) in [4.78, 5) is 20.5. The summed E-state index contributed by atoms with van der Waals surface area (Å²) in [5.41, 5.74) is 1.45. The van der Waals surface area contributed by atoms with Crippen LogP contribution in [0.4, 0.5) is 11.5 Å². The number of aromatic nitrogens is 2. The van der Waals surface area contributed by atoms with Crippen LogP contribution in [0.15, 0.2) is 42.9 Å². The minimum atomic E-state index is -0.0449. The normalized spacial score (nSPS) is 17.7. The molecule has 3 rings (SSSR count). The molecule has 2 heterocycles. The molecular formula is C16H19N5O. The first-order valence-electron chi connectivity index (χ1n) is 7.46. The lowest BCUT2D eigenvalue weighted by atomic mass is 10.1. The monoisotopic (exact) mass is 297 g/mol. The number of nitrogens with zero attached hydrogens (tertiary/aromatic N) is 2. The molecule has 3 N–H and O–H groups in total. The van der Waals surface area contributed by atoms with Gasteiger partial charge in [-0.1, -0.05) is 6.07 Å². The van der Waals surface area contributed by atoms with Crippen LogP contribution in [0.1, 0.15) is 23.2 Å². The van der Waals surface area contributed by atoms with Crippen LogP contribution < -0.4 is 16.0 Å². The molecule has 1 aliphatic rings. The summed E-state index contributed by atoms with van der Waals surface area (Å²) in [6.45, 7) is 1.87. The van der Waals surface area contributed by atoms with Crippen molar-refractivity contribution in [3.63, 3.8) is 0 Å². The predicted molar refractivity (Wildman–Crippen MR) is 85.1 cm³/mol. The minimum Gasteiger partial charge on any atom is -0.348 e. The van der Waals surface area contributed by atoms with E-state index < -0.39 is 0 Å². The number of carbonyl (C=O) groups excluding carboxylic acids is 1. The Morgan fingerprint density at radius 3 is 3.05 bits per heavy atom. The van der Waals surface area contributed by atoms with Gasteiger partial charge in [0.25, 0.3) is 5.91 Å². The van der Waals surface area contributed by atoms with E-state index in [9.17, 15) is 4.79 Å². The number of amides is 1. The summed E-state index contributed by atoms with van der Waals surface area (Å²) in [6.07, 6.45) is 7.00. The van der Waals surface area contributed by atoms with Gasteiger partial charge in [-0.15, -0.1) is 0 Å². The minimum absolute atomic E-state index is 0.0449. The Bertz CT molecular complexity index is 625. The molecule has 1 aliphatic heterocycles. The number of anilines is 2. The lowest BCUT2D eigenvalue weighted by Gasteiger charge is -2.23. The molecule has 1 atom stereocenters. The van der Waals surface area contributed by atoms with Gasteiger partial charge in [-0.2, -0.15) is 0 Å². The molecule has 0 aliphatic carbocycles. The highest BCUT2D eigenvalue weighted by Gasteiger charge is 2.16. The van der Waals surface area contributed by atoms with Crippen LogP contribution in [0.5, 0.6) is 0 Å². The van der Waals surface area contributed by atoms with Crippen LogP contribution in [0.25, 0.3) is 0 Å². The van der Waals surface area contributed by atoms with Gasteiger partial charge in [0.15, 0.2) is 0 Å². The Morgan fingerprint density at radius 2 is 2.27 bits per heavy atom. The van der Waals surface area contributed by atoms with E-state index in [1.807, 2.05) is 24.3 Å². The molecule has 114 valence electrons. The summed E-state index contributed by atoms with van der Waals surface area (Å²) < 4.78 is 0. The summed E-state index contributed by atoms with van der Waals surface area (Å²) in [5, 5.41) is 9.50. The van der Waals surface area contributed by atoms with E-state index in [4.69, 9.17) is 0 Å². The maximum Gasteiger partial charge on any atom is 0.251 e. The molecule has 0 radical (unpaired) electrons. The van der Waals surface area contributed by atoms with E-state index in [1.54, 1.807) is 18.6 Å². The van der Waals surface area contributed by atoms with Crippen LogP contribution >= 0.6 is 0 Å². The topological polar surface area (TPSA) is 78.9 Å². The zero-order valence-electron chi connectivity index (χ0n) is 12.2. The Morgan fingerprint density at radius 1 is 1.32 bits per heavy atom. The standard InChI is InChI=1S/C16H19N5O/c22-16(21-14-5-2-6-17-10-14)12-3-1-4-13(9-12)20-15-11-18-7-8-19-15/h1,3-4,7-9,11,14,17H,2,5-6,10H2,(H,19,20)(H,21,22)/t14-/m0/s1. The fourth-order valence-corrected chi connectivity index (χ4v) is 2.49. The first kappa shape index (κ1) is 14.5. The van der Waals surface area contributed by atoms with Crippen LogP contribution in [-0.4, -0.2) is 35.0 Å². The second-order valence-corrected chi connectivity index (χ2v) is 5.31. The molecule has 6 nitrogen and oxygen atoms in total. The second kappa shape index (κ2) is 7.00. The average molecular weight is 297 g/mol. The lowest BCUT2D eigenvalue weighted by Crippen LogP contribution is -2.45. The van der Waals surface area contributed by atoms with Crippen LogP contribution in [0, 0.1) is 0 Å². The number of hydrogen-bond donors (Lipinski definition) is 3. The zero-order valence-corrected chi connectivity index (χ0v) is 12.2. The third-order valence-electron chi connectivity index (χ3n) is 3.59. The van der Waals surface area contributed by atoms with Gasteiger partial charge in [0, 0.05) is 36.2 Å². The molecule has 6 heteroatoms. The summed E-state index contributed by atoms with van der Waals surface area (Å²) >= 11 is 0. The number of benzene rings is 1. The highest BCUT2D eigenvalue weighted by molar-refractivity contribution is 5.95. The van der Waals surface area contributed by atoms with Gasteiger partial charge in [-0.05, 0) is 37.6 Å². The Labute approximate surface area is 129 Å². The first-order valence-corrected chi connectivity index (χ1v) is 7.46. The molecule has 2 aromatic rings. The van der Waals surface area contributed by atoms with Gasteiger partial charge in [-0.3, -0.25) is 9.78 Å². The average Bonchev–Trinajstić information content (AvgIpc) is 2.57. The molecule has 1 aromatic heterocycles. The molecule has 0 unspecified atom stereocenters. The van der Waals surface area contributed by atoms with Crippen molar-refractivity contribution in [3.05, 3.63) is 48.4 Å². The van der Waals surface area contributed by atoms with E-state index in [0.29, 0.717) is 11.4 Å². The van der Waals surface area contributed by atoms with E-state index in [1.165, 1.54) is 0 Å². The quantitative estimate of drug-likeness (QED) is 0.800. The molecular weight excluding hydrogens is 278 g/mol. The number of piperidine rings is 1. The first-order chi connectivity index (χ1) is 10.8. The fourth-order valence-electron chi connectivity index (χ4n) is 2.49. The smallest absolute Gasteiger partial charge is 0.251 e. The molecule has 1 aromatic carbocycles. The molecule has 0 spiro atoms. The third kappa shape index (κ3) is 3.79. The second-order valence-electron chi connectivity index (χ2n) is 5.31. The molecule has 1 saturated heterocycles. The van der Waals surface area contributed by atoms with Crippen molar-refractivity contribution >= 4 is 17.4 Å². The van der Waals surface area contributed by atoms with E-state index >= 15 is 0 Å².